The zero-order valence-corrected chi connectivity index (χ0v) is 16.4. The lowest BCUT2D eigenvalue weighted by Crippen LogP contribution is -2.48. The molecule has 2 aromatic rings. The lowest BCUT2D eigenvalue weighted by molar-refractivity contribution is 0.0628. The predicted octanol–water partition coefficient (Wildman–Crippen LogP) is 3.18. The highest BCUT2D eigenvalue weighted by atomic mass is 35.5. The molecule has 1 amide bonds. The van der Waals surface area contributed by atoms with E-state index in [1.807, 2.05) is 47.4 Å². The molecule has 0 aliphatic carbocycles. The van der Waals surface area contributed by atoms with Crippen LogP contribution in [-0.2, 0) is 23.1 Å². The highest BCUT2D eigenvalue weighted by Crippen LogP contribution is 2.16. The molecular formula is C20H23ClN2O2S. The first-order valence-electron chi connectivity index (χ1n) is 8.66. The molecule has 0 N–H and O–H groups in total. The Bertz CT molecular complexity index is 804. The highest BCUT2D eigenvalue weighted by molar-refractivity contribution is 7.83. The molecule has 1 atom stereocenters. The number of benzene rings is 2. The first kappa shape index (κ1) is 19.1. The number of carbonyl (C=O) groups is 1. The predicted molar refractivity (Wildman–Crippen MR) is 107 cm³/mol. The van der Waals surface area contributed by atoms with Gasteiger partial charge in [0.1, 0.15) is 0 Å². The molecule has 138 valence electrons. The molecule has 0 saturated carbocycles. The van der Waals surface area contributed by atoms with Crippen molar-refractivity contribution in [2.75, 3.05) is 32.4 Å². The molecule has 2 aromatic carbocycles. The van der Waals surface area contributed by atoms with Gasteiger partial charge in [-0.1, -0.05) is 35.9 Å². The third kappa shape index (κ3) is 5.16. The molecular weight excluding hydrogens is 368 g/mol. The number of carbonyl (C=O) groups excluding carboxylic acids is 1. The molecule has 6 heteroatoms. The van der Waals surface area contributed by atoms with E-state index in [0.717, 1.165) is 30.2 Å². The zero-order chi connectivity index (χ0) is 18.5. The zero-order valence-electron chi connectivity index (χ0n) is 14.9. The van der Waals surface area contributed by atoms with Gasteiger partial charge in [0.2, 0.25) is 0 Å². The lowest BCUT2D eigenvalue weighted by atomic mass is 10.1. The second-order valence-electron chi connectivity index (χ2n) is 6.62. The maximum atomic E-state index is 12.8. The van der Waals surface area contributed by atoms with Gasteiger partial charge in [-0.2, -0.15) is 0 Å². The first-order chi connectivity index (χ1) is 12.5. The van der Waals surface area contributed by atoms with Gasteiger partial charge < -0.3 is 4.90 Å². The van der Waals surface area contributed by atoms with Crippen LogP contribution in [0.15, 0.2) is 48.5 Å². The van der Waals surface area contributed by atoms with Crippen molar-refractivity contribution >= 4 is 28.3 Å². The summed E-state index contributed by atoms with van der Waals surface area (Å²) in [5.74, 6) is 0.533. The summed E-state index contributed by atoms with van der Waals surface area (Å²) in [6.07, 6.45) is 1.67. The summed E-state index contributed by atoms with van der Waals surface area (Å²) in [7, 11) is -0.910. The minimum absolute atomic E-state index is 0.0520. The van der Waals surface area contributed by atoms with Crippen LogP contribution in [0.1, 0.15) is 21.5 Å². The fourth-order valence-electron chi connectivity index (χ4n) is 3.21. The minimum Gasteiger partial charge on any atom is -0.336 e. The van der Waals surface area contributed by atoms with Gasteiger partial charge in [0.05, 0.1) is 0 Å². The maximum absolute atomic E-state index is 12.8. The largest absolute Gasteiger partial charge is 0.336 e. The van der Waals surface area contributed by atoms with Crippen molar-refractivity contribution in [3.63, 3.8) is 0 Å². The lowest BCUT2D eigenvalue weighted by Gasteiger charge is -2.35. The van der Waals surface area contributed by atoms with E-state index in [4.69, 9.17) is 11.6 Å². The van der Waals surface area contributed by atoms with Crippen LogP contribution in [0.5, 0.6) is 0 Å². The Morgan fingerprint density at radius 1 is 1.04 bits per heavy atom. The number of hydrogen-bond acceptors (Lipinski definition) is 3. The van der Waals surface area contributed by atoms with E-state index in [2.05, 4.69) is 11.0 Å². The Kier molecular flexibility index (Phi) is 6.46. The molecule has 1 unspecified atom stereocenters. The van der Waals surface area contributed by atoms with Gasteiger partial charge in [0.15, 0.2) is 0 Å². The number of halogens is 1. The summed E-state index contributed by atoms with van der Waals surface area (Å²) in [4.78, 5) is 17.0. The summed E-state index contributed by atoms with van der Waals surface area (Å²) >= 11 is 6.05. The Labute approximate surface area is 162 Å². The van der Waals surface area contributed by atoms with Crippen molar-refractivity contribution in [2.45, 2.75) is 12.3 Å². The van der Waals surface area contributed by atoms with Crippen LogP contribution in [0.2, 0.25) is 5.02 Å². The van der Waals surface area contributed by atoms with Crippen LogP contribution >= 0.6 is 11.6 Å². The fourth-order valence-corrected chi connectivity index (χ4v) is 4.08. The number of rotatable bonds is 5. The van der Waals surface area contributed by atoms with Crippen LogP contribution < -0.4 is 0 Å². The van der Waals surface area contributed by atoms with Gasteiger partial charge in [-0.15, -0.1) is 0 Å². The quantitative estimate of drug-likeness (QED) is 0.787. The average molecular weight is 391 g/mol. The summed E-state index contributed by atoms with van der Waals surface area (Å²) < 4.78 is 11.4. The SMILES string of the molecule is CS(=O)Cc1cccc(C(=O)N2CCN(Cc3cccc(Cl)c3)CC2)c1. The van der Waals surface area contributed by atoms with Crippen molar-refractivity contribution in [3.05, 3.63) is 70.2 Å². The number of amides is 1. The third-order valence-corrected chi connectivity index (χ3v) is 5.47. The van der Waals surface area contributed by atoms with Gasteiger partial charge in [-0.3, -0.25) is 13.9 Å². The Hall–Kier alpha value is -1.69. The molecule has 0 bridgehead atoms. The molecule has 1 aliphatic heterocycles. The van der Waals surface area contributed by atoms with Gasteiger partial charge in [0, 0.05) is 66.1 Å². The molecule has 0 radical (unpaired) electrons. The van der Waals surface area contributed by atoms with E-state index < -0.39 is 10.8 Å². The van der Waals surface area contributed by atoms with Crippen molar-refractivity contribution in [3.8, 4) is 0 Å². The molecule has 1 saturated heterocycles. The summed E-state index contributed by atoms with van der Waals surface area (Å²) in [6, 6.07) is 15.4. The minimum atomic E-state index is -0.910. The van der Waals surface area contributed by atoms with E-state index in [-0.39, 0.29) is 5.91 Å². The van der Waals surface area contributed by atoms with Crippen molar-refractivity contribution in [1.82, 2.24) is 9.80 Å². The van der Waals surface area contributed by atoms with Gasteiger partial charge >= 0.3 is 0 Å². The van der Waals surface area contributed by atoms with Gasteiger partial charge in [-0.05, 0) is 35.4 Å². The van der Waals surface area contributed by atoms with E-state index >= 15 is 0 Å². The fraction of sp³-hybridized carbons (Fsp3) is 0.350. The Balaban J connectivity index is 1.57. The molecule has 3 rings (SSSR count). The van der Waals surface area contributed by atoms with E-state index in [0.29, 0.717) is 24.4 Å². The van der Waals surface area contributed by atoms with E-state index in [9.17, 15) is 9.00 Å². The van der Waals surface area contributed by atoms with Crippen LogP contribution in [-0.4, -0.2) is 52.4 Å². The summed E-state index contributed by atoms with van der Waals surface area (Å²) in [6.45, 7) is 3.96. The van der Waals surface area contributed by atoms with Crippen LogP contribution in [0, 0.1) is 0 Å². The van der Waals surface area contributed by atoms with Gasteiger partial charge in [0.25, 0.3) is 5.91 Å². The van der Waals surface area contributed by atoms with Crippen LogP contribution in [0.4, 0.5) is 0 Å². The van der Waals surface area contributed by atoms with Crippen molar-refractivity contribution in [2.24, 2.45) is 0 Å². The summed E-state index contributed by atoms with van der Waals surface area (Å²) in [5, 5.41) is 0.754. The molecule has 4 nitrogen and oxygen atoms in total. The molecule has 1 aliphatic rings. The molecule has 1 fully saturated rings. The van der Waals surface area contributed by atoms with E-state index in [1.54, 1.807) is 6.26 Å². The molecule has 0 spiro atoms. The first-order valence-corrected chi connectivity index (χ1v) is 10.8. The third-order valence-electron chi connectivity index (χ3n) is 4.50. The number of hydrogen-bond donors (Lipinski definition) is 0. The molecule has 1 heterocycles. The average Bonchev–Trinajstić information content (AvgIpc) is 2.61. The van der Waals surface area contributed by atoms with Crippen molar-refractivity contribution < 1.29 is 9.00 Å². The second kappa shape index (κ2) is 8.80. The smallest absolute Gasteiger partial charge is 0.253 e. The van der Waals surface area contributed by atoms with Crippen LogP contribution in [0.3, 0.4) is 0 Å². The van der Waals surface area contributed by atoms with Crippen molar-refractivity contribution in [1.29, 1.82) is 0 Å². The molecule has 0 aromatic heterocycles. The second-order valence-corrected chi connectivity index (χ2v) is 8.49. The summed E-state index contributed by atoms with van der Waals surface area (Å²) in [5.41, 5.74) is 2.81. The Morgan fingerprint density at radius 3 is 2.42 bits per heavy atom. The monoisotopic (exact) mass is 390 g/mol. The standard InChI is InChI=1S/C20H23ClN2O2S/c1-26(25)15-17-5-2-6-18(12-17)20(24)23-10-8-22(9-11-23)14-16-4-3-7-19(21)13-16/h2-7,12-13H,8-11,14-15H2,1H3. The van der Waals surface area contributed by atoms with Crippen LogP contribution in [0.25, 0.3) is 0 Å². The number of piperazine rings is 1. The van der Waals surface area contributed by atoms with E-state index in [1.165, 1.54) is 5.56 Å². The highest BCUT2D eigenvalue weighted by Gasteiger charge is 2.22. The molecule has 26 heavy (non-hydrogen) atoms. The maximum Gasteiger partial charge on any atom is 0.253 e. The number of nitrogens with zero attached hydrogens (tertiary/aromatic N) is 2. The van der Waals surface area contributed by atoms with Gasteiger partial charge in [-0.25, -0.2) is 0 Å². The Morgan fingerprint density at radius 2 is 1.73 bits per heavy atom. The normalized spacial score (nSPS) is 16.5. The topological polar surface area (TPSA) is 40.6 Å².